The van der Waals surface area contributed by atoms with Crippen molar-refractivity contribution >= 4 is 17.9 Å². The van der Waals surface area contributed by atoms with Gasteiger partial charge in [0.2, 0.25) is 0 Å². The normalized spacial score (nSPS) is 16.4. The van der Waals surface area contributed by atoms with E-state index in [0.717, 1.165) is 0 Å². The summed E-state index contributed by atoms with van der Waals surface area (Å²) in [6, 6.07) is 0. The molecule has 0 aromatic carbocycles. The highest BCUT2D eigenvalue weighted by atomic mass is 16.4. The van der Waals surface area contributed by atoms with Crippen molar-refractivity contribution in [1.29, 1.82) is 0 Å². The van der Waals surface area contributed by atoms with E-state index in [1.54, 1.807) is 0 Å². The molecule has 0 aliphatic rings. The molecule has 7 nitrogen and oxygen atoms in total. The Morgan fingerprint density at radius 2 is 1.67 bits per heavy atom. The summed E-state index contributed by atoms with van der Waals surface area (Å²) in [6.45, 7) is 1.27. The molecule has 0 heterocycles. The van der Waals surface area contributed by atoms with E-state index in [4.69, 9.17) is 15.3 Å². The molecule has 86 valence electrons. The van der Waals surface area contributed by atoms with Gasteiger partial charge in [-0.2, -0.15) is 0 Å². The zero-order valence-electron chi connectivity index (χ0n) is 8.01. The van der Waals surface area contributed by atoms with Gasteiger partial charge < -0.3 is 20.4 Å². The molecule has 0 radical (unpaired) electrons. The van der Waals surface area contributed by atoms with E-state index in [1.165, 1.54) is 6.92 Å². The Balaban J connectivity index is 5.11. The van der Waals surface area contributed by atoms with Gasteiger partial charge in [-0.3, -0.25) is 9.59 Å². The molecule has 0 aliphatic carbocycles. The molecular weight excluding hydrogens is 208 g/mol. The molecule has 0 saturated heterocycles. The molecule has 0 aromatic heterocycles. The molecule has 0 amide bonds. The van der Waals surface area contributed by atoms with Gasteiger partial charge in [0.05, 0.1) is 6.42 Å². The summed E-state index contributed by atoms with van der Waals surface area (Å²) in [6.07, 6.45) is -1.32. The lowest BCUT2D eigenvalue weighted by molar-refractivity contribution is -0.177. The minimum Gasteiger partial charge on any atom is -0.481 e. The van der Waals surface area contributed by atoms with Crippen molar-refractivity contribution < 1.29 is 34.8 Å². The maximum Gasteiger partial charge on any atom is 0.336 e. The molecule has 7 heteroatoms. The van der Waals surface area contributed by atoms with Crippen LogP contribution in [0.5, 0.6) is 0 Å². The van der Waals surface area contributed by atoms with Crippen molar-refractivity contribution in [3.8, 4) is 0 Å². The fourth-order valence-corrected chi connectivity index (χ4v) is 1.18. The predicted octanol–water partition coefficient (Wildman–Crippen LogP) is -0.612. The monoisotopic (exact) mass is 220 g/mol. The standard InChI is InChI=1S/C8H12O7/c1-2-8(15,7(13)14)4(6(11)12)3-5(9)10/h4,15H,2-3H2,1H3,(H,9,10)(H,11,12)(H,13,14). The summed E-state index contributed by atoms with van der Waals surface area (Å²) in [4.78, 5) is 31.7. The summed E-state index contributed by atoms with van der Waals surface area (Å²) < 4.78 is 0. The molecule has 0 fully saturated rings. The highest BCUT2D eigenvalue weighted by Gasteiger charge is 2.47. The van der Waals surface area contributed by atoms with E-state index >= 15 is 0 Å². The van der Waals surface area contributed by atoms with Crippen LogP contribution >= 0.6 is 0 Å². The number of carboxylic acid groups (broad SMARTS) is 3. The summed E-state index contributed by atoms with van der Waals surface area (Å²) >= 11 is 0. The number of hydrogen-bond acceptors (Lipinski definition) is 4. The van der Waals surface area contributed by atoms with E-state index in [9.17, 15) is 19.5 Å². The topological polar surface area (TPSA) is 132 Å². The Morgan fingerprint density at radius 3 is 1.87 bits per heavy atom. The van der Waals surface area contributed by atoms with Gasteiger partial charge in [0, 0.05) is 0 Å². The van der Waals surface area contributed by atoms with Crippen LogP contribution in [0.2, 0.25) is 0 Å². The maximum atomic E-state index is 10.7. The molecular formula is C8H12O7. The SMILES string of the molecule is CCC(O)(C(=O)O)C(CC(=O)O)C(=O)O. The lowest BCUT2D eigenvalue weighted by Gasteiger charge is -2.27. The van der Waals surface area contributed by atoms with Crippen LogP contribution in [0.3, 0.4) is 0 Å². The zero-order valence-corrected chi connectivity index (χ0v) is 8.01. The second-order valence-corrected chi connectivity index (χ2v) is 3.07. The highest BCUT2D eigenvalue weighted by Crippen LogP contribution is 2.25. The van der Waals surface area contributed by atoms with Crippen molar-refractivity contribution in [3.63, 3.8) is 0 Å². The van der Waals surface area contributed by atoms with Gasteiger partial charge in [0.25, 0.3) is 0 Å². The van der Waals surface area contributed by atoms with Gasteiger partial charge >= 0.3 is 17.9 Å². The van der Waals surface area contributed by atoms with Gasteiger partial charge in [0.15, 0.2) is 5.60 Å². The van der Waals surface area contributed by atoms with Crippen LogP contribution in [0.4, 0.5) is 0 Å². The smallest absolute Gasteiger partial charge is 0.336 e. The maximum absolute atomic E-state index is 10.7. The van der Waals surface area contributed by atoms with Gasteiger partial charge in [-0.25, -0.2) is 4.79 Å². The summed E-state index contributed by atoms with van der Waals surface area (Å²) in [5.41, 5.74) is -2.55. The number of aliphatic carboxylic acids is 3. The first-order chi connectivity index (χ1) is 6.75. The number of rotatable bonds is 6. The molecule has 0 rings (SSSR count). The molecule has 15 heavy (non-hydrogen) atoms. The van der Waals surface area contributed by atoms with Crippen LogP contribution in [0.15, 0.2) is 0 Å². The molecule has 2 unspecified atom stereocenters. The fourth-order valence-electron chi connectivity index (χ4n) is 1.18. The Kier molecular flexibility index (Phi) is 4.22. The largest absolute Gasteiger partial charge is 0.481 e. The van der Waals surface area contributed by atoms with E-state index < -0.39 is 35.8 Å². The average Bonchev–Trinajstić information content (AvgIpc) is 2.12. The van der Waals surface area contributed by atoms with E-state index in [2.05, 4.69) is 0 Å². The second-order valence-electron chi connectivity index (χ2n) is 3.07. The van der Waals surface area contributed by atoms with Crippen LogP contribution < -0.4 is 0 Å². The second kappa shape index (κ2) is 4.74. The van der Waals surface area contributed by atoms with E-state index in [0.29, 0.717) is 0 Å². The van der Waals surface area contributed by atoms with Gasteiger partial charge in [-0.15, -0.1) is 0 Å². The lowest BCUT2D eigenvalue weighted by atomic mass is 9.83. The van der Waals surface area contributed by atoms with Crippen LogP contribution in [0.25, 0.3) is 0 Å². The van der Waals surface area contributed by atoms with E-state index in [1.807, 2.05) is 0 Å². The van der Waals surface area contributed by atoms with E-state index in [-0.39, 0.29) is 6.42 Å². The predicted molar refractivity (Wildman–Crippen MR) is 46.3 cm³/mol. The molecule has 0 saturated carbocycles. The first-order valence-corrected chi connectivity index (χ1v) is 4.16. The van der Waals surface area contributed by atoms with Crippen LogP contribution in [0.1, 0.15) is 19.8 Å². The molecule has 0 aromatic rings. The van der Waals surface area contributed by atoms with Crippen molar-refractivity contribution in [2.45, 2.75) is 25.4 Å². The zero-order chi connectivity index (χ0) is 12.2. The fraction of sp³-hybridized carbons (Fsp3) is 0.625. The summed E-state index contributed by atoms with van der Waals surface area (Å²) in [7, 11) is 0. The number of aliphatic hydroxyl groups is 1. The third-order valence-electron chi connectivity index (χ3n) is 2.16. The first kappa shape index (κ1) is 13.4. The van der Waals surface area contributed by atoms with Gasteiger partial charge in [-0.05, 0) is 6.42 Å². The summed E-state index contributed by atoms with van der Waals surface area (Å²) in [5, 5.41) is 35.2. The summed E-state index contributed by atoms with van der Waals surface area (Å²) in [5.74, 6) is -6.73. The minimum absolute atomic E-state index is 0.382. The third-order valence-corrected chi connectivity index (χ3v) is 2.16. The molecule has 0 spiro atoms. The van der Waals surface area contributed by atoms with Gasteiger partial charge in [0.1, 0.15) is 5.92 Å². The Morgan fingerprint density at radius 1 is 1.20 bits per heavy atom. The van der Waals surface area contributed by atoms with Crippen LogP contribution in [0, 0.1) is 5.92 Å². The van der Waals surface area contributed by atoms with Crippen molar-refractivity contribution in [2.75, 3.05) is 0 Å². The number of carbonyl (C=O) groups is 3. The number of carboxylic acids is 3. The van der Waals surface area contributed by atoms with Crippen LogP contribution in [-0.2, 0) is 14.4 Å². The van der Waals surface area contributed by atoms with Gasteiger partial charge in [-0.1, -0.05) is 6.92 Å². The first-order valence-electron chi connectivity index (χ1n) is 4.16. The third kappa shape index (κ3) is 2.91. The van der Waals surface area contributed by atoms with Crippen molar-refractivity contribution in [2.24, 2.45) is 5.92 Å². The lowest BCUT2D eigenvalue weighted by Crippen LogP contribution is -2.49. The van der Waals surface area contributed by atoms with Crippen LogP contribution in [-0.4, -0.2) is 43.9 Å². The number of hydrogen-bond donors (Lipinski definition) is 4. The molecule has 4 N–H and O–H groups in total. The average molecular weight is 220 g/mol. The molecule has 2 atom stereocenters. The van der Waals surface area contributed by atoms with Crippen molar-refractivity contribution in [3.05, 3.63) is 0 Å². The Hall–Kier alpha value is -1.63. The minimum atomic E-state index is -2.55. The molecule has 0 bridgehead atoms. The quantitative estimate of drug-likeness (QED) is 0.469. The molecule has 0 aliphatic heterocycles. The Labute approximate surface area is 85.0 Å². The highest BCUT2D eigenvalue weighted by molar-refractivity contribution is 5.88. The van der Waals surface area contributed by atoms with Crippen molar-refractivity contribution in [1.82, 2.24) is 0 Å². The Bertz CT molecular complexity index is 285.